The van der Waals surface area contributed by atoms with E-state index in [9.17, 15) is 0 Å². The Hall–Kier alpha value is -0.860. The van der Waals surface area contributed by atoms with E-state index in [-0.39, 0.29) is 0 Å². The fourth-order valence-electron chi connectivity index (χ4n) is 3.59. The van der Waals surface area contributed by atoms with Crippen molar-refractivity contribution in [2.75, 3.05) is 26.2 Å². The third-order valence-corrected chi connectivity index (χ3v) is 5.35. The minimum Gasteiger partial charge on any atom is -0.317 e. The van der Waals surface area contributed by atoms with Crippen LogP contribution in [0.4, 0.5) is 0 Å². The first kappa shape index (κ1) is 16.5. The summed E-state index contributed by atoms with van der Waals surface area (Å²) in [5.74, 6) is 0. The molecule has 0 spiro atoms. The van der Waals surface area contributed by atoms with E-state index >= 15 is 0 Å². The van der Waals surface area contributed by atoms with Gasteiger partial charge in [-0.3, -0.25) is 4.90 Å². The maximum Gasteiger partial charge on any atom is 0.0236 e. The molecule has 1 aromatic carbocycles. The highest BCUT2D eigenvalue weighted by Crippen LogP contribution is 2.37. The van der Waals surface area contributed by atoms with Crippen molar-refractivity contribution in [3.05, 3.63) is 35.4 Å². The number of hydrogen-bond donors (Lipinski definition) is 1. The Morgan fingerprint density at radius 2 is 1.81 bits per heavy atom. The molecule has 118 valence electrons. The Labute approximate surface area is 130 Å². The first-order valence-corrected chi connectivity index (χ1v) is 8.73. The van der Waals surface area contributed by atoms with Gasteiger partial charge in [-0.15, -0.1) is 0 Å². The van der Waals surface area contributed by atoms with Crippen molar-refractivity contribution >= 4 is 0 Å². The zero-order chi connectivity index (χ0) is 15.1. The SMILES string of the molecule is CCNCCc1ccccc1CN1CCC(CC)(CC)C1. The second-order valence-corrected chi connectivity index (χ2v) is 6.54. The van der Waals surface area contributed by atoms with Crippen molar-refractivity contribution in [3.8, 4) is 0 Å². The number of hydrogen-bond acceptors (Lipinski definition) is 2. The first-order valence-electron chi connectivity index (χ1n) is 8.73. The van der Waals surface area contributed by atoms with Gasteiger partial charge in [-0.2, -0.15) is 0 Å². The van der Waals surface area contributed by atoms with Crippen LogP contribution in [0, 0.1) is 5.41 Å². The molecule has 1 aliphatic rings. The van der Waals surface area contributed by atoms with Crippen LogP contribution in [0.25, 0.3) is 0 Å². The molecule has 0 unspecified atom stereocenters. The van der Waals surface area contributed by atoms with E-state index in [1.807, 2.05) is 0 Å². The van der Waals surface area contributed by atoms with Gasteiger partial charge in [-0.05, 0) is 61.9 Å². The lowest BCUT2D eigenvalue weighted by molar-refractivity contribution is 0.236. The van der Waals surface area contributed by atoms with E-state index in [1.54, 1.807) is 0 Å². The maximum absolute atomic E-state index is 3.44. The average Bonchev–Trinajstić information content (AvgIpc) is 2.93. The number of nitrogens with one attached hydrogen (secondary N) is 1. The lowest BCUT2D eigenvalue weighted by Gasteiger charge is -2.27. The maximum atomic E-state index is 3.44. The van der Waals surface area contributed by atoms with Gasteiger partial charge in [0, 0.05) is 13.1 Å². The molecule has 1 N–H and O–H groups in total. The molecule has 2 nitrogen and oxygen atoms in total. The summed E-state index contributed by atoms with van der Waals surface area (Å²) in [7, 11) is 0. The molecular formula is C19H32N2. The molecule has 2 rings (SSSR count). The van der Waals surface area contributed by atoms with Gasteiger partial charge in [-0.1, -0.05) is 45.0 Å². The molecule has 2 heteroatoms. The lowest BCUT2D eigenvalue weighted by Crippen LogP contribution is -2.26. The molecule has 0 radical (unpaired) electrons. The smallest absolute Gasteiger partial charge is 0.0236 e. The zero-order valence-corrected chi connectivity index (χ0v) is 14.1. The number of nitrogens with zero attached hydrogens (tertiary/aromatic N) is 1. The van der Waals surface area contributed by atoms with E-state index < -0.39 is 0 Å². The topological polar surface area (TPSA) is 15.3 Å². The molecule has 1 heterocycles. The molecule has 1 saturated heterocycles. The Kier molecular flexibility index (Phi) is 6.25. The monoisotopic (exact) mass is 288 g/mol. The van der Waals surface area contributed by atoms with E-state index in [1.165, 1.54) is 43.5 Å². The third kappa shape index (κ3) is 4.31. The number of likely N-dealkylation sites (N-methyl/N-ethyl adjacent to an activating group) is 1. The van der Waals surface area contributed by atoms with Gasteiger partial charge in [0.25, 0.3) is 0 Å². The Bertz CT molecular complexity index is 423. The predicted octanol–water partition coefficient (Wildman–Crippen LogP) is 3.85. The molecule has 21 heavy (non-hydrogen) atoms. The van der Waals surface area contributed by atoms with Crippen LogP contribution in [0.2, 0.25) is 0 Å². The van der Waals surface area contributed by atoms with Crippen molar-refractivity contribution in [2.24, 2.45) is 5.41 Å². The Balaban J connectivity index is 1.97. The summed E-state index contributed by atoms with van der Waals surface area (Å²) in [6, 6.07) is 8.99. The van der Waals surface area contributed by atoms with Crippen molar-refractivity contribution in [1.29, 1.82) is 0 Å². The molecule has 0 bridgehead atoms. The van der Waals surface area contributed by atoms with Crippen LogP contribution in [0.1, 0.15) is 51.2 Å². The quantitative estimate of drug-likeness (QED) is 0.731. The predicted molar refractivity (Wildman–Crippen MR) is 91.6 cm³/mol. The van der Waals surface area contributed by atoms with Crippen LogP contribution >= 0.6 is 0 Å². The number of rotatable bonds is 8. The molecule has 1 aromatic rings. The van der Waals surface area contributed by atoms with Gasteiger partial charge in [0.15, 0.2) is 0 Å². The standard InChI is InChI=1S/C19H32N2/c1-4-19(5-2)12-14-21(16-19)15-18-10-8-7-9-17(18)11-13-20-6-3/h7-10,20H,4-6,11-16H2,1-3H3. The summed E-state index contributed by atoms with van der Waals surface area (Å²) in [6.45, 7) is 12.7. The van der Waals surface area contributed by atoms with E-state index in [4.69, 9.17) is 0 Å². The fourth-order valence-corrected chi connectivity index (χ4v) is 3.59. The van der Waals surface area contributed by atoms with E-state index in [0.717, 1.165) is 26.1 Å². The zero-order valence-electron chi connectivity index (χ0n) is 14.1. The lowest BCUT2D eigenvalue weighted by atomic mass is 9.82. The van der Waals surface area contributed by atoms with Crippen LogP contribution in [-0.4, -0.2) is 31.1 Å². The Morgan fingerprint density at radius 1 is 1.10 bits per heavy atom. The summed E-state index contributed by atoms with van der Waals surface area (Å²) in [6.07, 6.45) is 5.16. The van der Waals surface area contributed by atoms with Crippen LogP contribution < -0.4 is 5.32 Å². The van der Waals surface area contributed by atoms with Gasteiger partial charge in [0.2, 0.25) is 0 Å². The van der Waals surface area contributed by atoms with Crippen molar-refractivity contribution in [2.45, 2.75) is 53.0 Å². The highest BCUT2D eigenvalue weighted by molar-refractivity contribution is 5.27. The van der Waals surface area contributed by atoms with Crippen LogP contribution in [0.5, 0.6) is 0 Å². The minimum atomic E-state index is 0.582. The van der Waals surface area contributed by atoms with Gasteiger partial charge >= 0.3 is 0 Å². The van der Waals surface area contributed by atoms with Crippen molar-refractivity contribution < 1.29 is 0 Å². The molecular weight excluding hydrogens is 256 g/mol. The molecule has 0 amide bonds. The normalized spacial score (nSPS) is 18.2. The summed E-state index contributed by atoms with van der Waals surface area (Å²) >= 11 is 0. The average molecular weight is 288 g/mol. The highest BCUT2D eigenvalue weighted by atomic mass is 15.2. The molecule has 0 aliphatic carbocycles. The van der Waals surface area contributed by atoms with Gasteiger partial charge in [0.1, 0.15) is 0 Å². The van der Waals surface area contributed by atoms with Crippen molar-refractivity contribution in [3.63, 3.8) is 0 Å². The van der Waals surface area contributed by atoms with E-state index in [2.05, 4.69) is 55.3 Å². The van der Waals surface area contributed by atoms with E-state index in [0.29, 0.717) is 5.41 Å². The summed E-state index contributed by atoms with van der Waals surface area (Å²) in [5.41, 5.74) is 3.63. The van der Waals surface area contributed by atoms with Gasteiger partial charge in [0.05, 0.1) is 0 Å². The summed E-state index contributed by atoms with van der Waals surface area (Å²) in [4.78, 5) is 2.67. The molecule has 0 atom stereocenters. The molecule has 1 fully saturated rings. The number of benzene rings is 1. The minimum absolute atomic E-state index is 0.582. The van der Waals surface area contributed by atoms with Crippen LogP contribution in [-0.2, 0) is 13.0 Å². The molecule has 0 aromatic heterocycles. The van der Waals surface area contributed by atoms with Gasteiger partial charge < -0.3 is 5.32 Å². The largest absolute Gasteiger partial charge is 0.317 e. The Morgan fingerprint density at radius 3 is 2.43 bits per heavy atom. The fraction of sp³-hybridized carbons (Fsp3) is 0.684. The van der Waals surface area contributed by atoms with Crippen LogP contribution in [0.3, 0.4) is 0 Å². The second-order valence-electron chi connectivity index (χ2n) is 6.54. The van der Waals surface area contributed by atoms with Gasteiger partial charge in [-0.25, -0.2) is 0 Å². The highest BCUT2D eigenvalue weighted by Gasteiger charge is 2.34. The second kappa shape index (κ2) is 7.95. The molecule has 1 aliphatic heterocycles. The first-order chi connectivity index (χ1) is 10.2. The number of likely N-dealkylation sites (tertiary alicyclic amines) is 1. The summed E-state index contributed by atoms with van der Waals surface area (Å²) < 4.78 is 0. The molecule has 0 saturated carbocycles. The summed E-state index contributed by atoms with van der Waals surface area (Å²) in [5, 5.41) is 3.44. The van der Waals surface area contributed by atoms with Crippen molar-refractivity contribution in [1.82, 2.24) is 10.2 Å². The third-order valence-electron chi connectivity index (χ3n) is 5.35. The van der Waals surface area contributed by atoms with Crippen LogP contribution in [0.15, 0.2) is 24.3 Å².